The zero-order chi connectivity index (χ0) is 21.3. The molecule has 0 aliphatic rings. The Morgan fingerprint density at radius 3 is 1.17 bits per heavy atom. The summed E-state index contributed by atoms with van der Waals surface area (Å²) in [6.45, 7) is 2.86. The summed E-state index contributed by atoms with van der Waals surface area (Å²) in [5.74, 6) is -7.98. The van der Waals surface area contributed by atoms with Gasteiger partial charge in [-0.05, 0) is 25.0 Å². The van der Waals surface area contributed by atoms with Gasteiger partial charge in [0.15, 0.2) is 0 Å². The third kappa shape index (κ3) is 3.54. The molecule has 0 radical (unpaired) electrons. The molecular formula is C20H20O9. The topological polar surface area (TPSA) is 181 Å². The quantitative estimate of drug-likeness (QED) is 0.372. The van der Waals surface area contributed by atoms with Crippen molar-refractivity contribution in [2.45, 2.75) is 25.0 Å². The van der Waals surface area contributed by atoms with Gasteiger partial charge in [0.25, 0.3) is 11.2 Å². The molecule has 6 N–H and O–H groups in total. The van der Waals surface area contributed by atoms with Crippen LogP contribution in [0.5, 0.6) is 0 Å². The molecule has 0 bridgehead atoms. The number of carboxylic acids is 2. The first-order chi connectivity index (χ1) is 13.0. The average Bonchev–Trinajstić information content (AvgIpc) is 2.65. The van der Waals surface area contributed by atoms with Gasteiger partial charge in [-0.3, -0.25) is 9.59 Å². The monoisotopic (exact) mass is 404 g/mol. The minimum atomic E-state index is -3.97. The van der Waals surface area contributed by atoms with Crippen LogP contribution in [0.4, 0.5) is 0 Å². The van der Waals surface area contributed by atoms with Crippen LogP contribution in [0.1, 0.15) is 31.8 Å². The second-order valence-corrected chi connectivity index (χ2v) is 6.32. The molecule has 9 heteroatoms. The molecule has 0 spiro atoms. The normalized spacial score (nSPS) is 14.6. The fourth-order valence-electron chi connectivity index (χ4n) is 2.88. The first-order valence-corrected chi connectivity index (χ1v) is 8.12. The summed E-state index contributed by atoms with van der Waals surface area (Å²) in [4.78, 5) is 49.5. The molecule has 0 aromatic heterocycles. The maximum Gasteiger partial charge on any atom is 0.348 e. The molecule has 2 rings (SSSR count). The lowest BCUT2D eigenvalue weighted by molar-refractivity contribution is -0.187. The van der Waals surface area contributed by atoms with E-state index in [-0.39, 0.29) is 27.7 Å². The van der Waals surface area contributed by atoms with E-state index in [2.05, 4.69) is 0 Å². The van der Waals surface area contributed by atoms with Gasteiger partial charge < -0.3 is 25.9 Å². The van der Waals surface area contributed by atoms with Crippen molar-refractivity contribution < 1.29 is 45.1 Å². The van der Waals surface area contributed by atoms with Crippen molar-refractivity contribution in [2.75, 3.05) is 0 Å². The lowest BCUT2D eigenvalue weighted by atomic mass is 9.72. The summed E-state index contributed by atoms with van der Waals surface area (Å²) in [7, 11) is 0. The highest BCUT2D eigenvalue weighted by atomic mass is 16.5. The standard InChI is InChI=1S/C20H18O8.H2O/c1-11-7-3-5-9-13(11)15(21)19(27,17(23)24)20(28,18(25)26)16(22)14-10-6-4-8-12(14)2;/h3-10,27-28H,1-2H3,(H,23,24)(H,25,26);1H2/t19-,20-;/m1./s1. The highest BCUT2D eigenvalue weighted by molar-refractivity contribution is 6.28. The van der Waals surface area contributed by atoms with Crippen molar-refractivity contribution in [1.29, 1.82) is 0 Å². The van der Waals surface area contributed by atoms with Crippen LogP contribution in [0.25, 0.3) is 0 Å². The summed E-state index contributed by atoms with van der Waals surface area (Å²) in [5.41, 5.74) is -8.17. The molecule has 0 unspecified atom stereocenters. The predicted octanol–water partition coefficient (Wildman–Crippen LogP) is 0.176. The van der Waals surface area contributed by atoms with Gasteiger partial charge in [0, 0.05) is 11.1 Å². The van der Waals surface area contributed by atoms with Gasteiger partial charge >= 0.3 is 11.9 Å². The number of rotatable bonds is 7. The van der Waals surface area contributed by atoms with E-state index in [4.69, 9.17) is 0 Å². The zero-order valence-corrected chi connectivity index (χ0v) is 15.5. The van der Waals surface area contributed by atoms with E-state index >= 15 is 0 Å². The Labute approximate surface area is 165 Å². The lowest BCUT2D eigenvalue weighted by Gasteiger charge is -2.35. The first-order valence-electron chi connectivity index (χ1n) is 8.12. The average molecular weight is 404 g/mol. The van der Waals surface area contributed by atoms with E-state index < -0.39 is 34.7 Å². The van der Waals surface area contributed by atoms with Crippen LogP contribution >= 0.6 is 0 Å². The van der Waals surface area contributed by atoms with Crippen molar-refractivity contribution >= 4 is 23.5 Å². The summed E-state index contributed by atoms with van der Waals surface area (Å²) in [6, 6.07) is 11.0. The van der Waals surface area contributed by atoms with Gasteiger partial charge in [-0.25, -0.2) is 9.59 Å². The number of benzene rings is 2. The number of hydrogen-bond donors (Lipinski definition) is 4. The SMILES string of the molecule is Cc1ccccc1C(=O)[C@@](O)(C(=O)O)[C@](O)(C(=O)O)C(=O)c1ccccc1C.O. The van der Waals surface area contributed by atoms with E-state index in [0.29, 0.717) is 0 Å². The van der Waals surface area contributed by atoms with Crippen molar-refractivity contribution in [3.05, 3.63) is 70.8 Å². The third-order valence-electron chi connectivity index (χ3n) is 4.58. The minimum Gasteiger partial charge on any atom is -0.479 e. The number of Topliss-reactive ketones (excluding diaryl/α,β-unsaturated/α-hetero) is 2. The summed E-state index contributed by atoms with van der Waals surface area (Å²) >= 11 is 0. The van der Waals surface area contributed by atoms with Crippen LogP contribution < -0.4 is 0 Å². The molecule has 0 saturated heterocycles. The molecule has 154 valence electrons. The summed E-state index contributed by atoms with van der Waals surface area (Å²) in [6.07, 6.45) is 0. The number of aryl methyl sites for hydroxylation is 2. The molecule has 9 nitrogen and oxygen atoms in total. The molecule has 0 aliphatic carbocycles. The van der Waals surface area contributed by atoms with Gasteiger partial charge in [0.2, 0.25) is 11.6 Å². The Morgan fingerprint density at radius 2 is 0.931 bits per heavy atom. The second kappa shape index (κ2) is 8.31. The molecule has 29 heavy (non-hydrogen) atoms. The molecule has 0 fully saturated rings. The zero-order valence-electron chi connectivity index (χ0n) is 15.5. The number of carbonyl (C=O) groups is 4. The third-order valence-corrected chi connectivity index (χ3v) is 4.58. The van der Waals surface area contributed by atoms with E-state index in [9.17, 15) is 39.6 Å². The molecule has 0 saturated carbocycles. The van der Waals surface area contributed by atoms with Crippen molar-refractivity contribution in [2.24, 2.45) is 0 Å². The molecule has 2 aromatic rings. The fourth-order valence-corrected chi connectivity index (χ4v) is 2.88. The van der Waals surface area contributed by atoms with E-state index in [0.717, 1.165) is 12.1 Å². The number of hydrogen-bond acceptors (Lipinski definition) is 6. The number of ketones is 2. The number of aliphatic hydroxyl groups is 2. The van der Waals surface area contributed by atoms with Crippen LogP contribution in [0.15, 0.2) is 48.5 Å². The number of aliphatic carboxylic acids is 2. The highest BCUT2D eigenvalue weighted by Gasteiger charge is 2.70. The van der Waals surface area contributed by atoms with E-state index in [1.165, 1.54) is 50.2 Å². The van der Waals surface area contributed by atoms with Crippen molar-refractivity contribution in [3.8, 4) is 0 Å². The van der Waals surface area contributed by atoms with Gasteiger partial charge in [-0.2, -0.15) is 0 Å². The fraction of sp³-hybridized carbons (Fsp3) is 0.200. The lowest BCUT2D eigenvalue weighted by Crippen LogP contribution is -2.71. The maximum absolute atomic E-state index is 12.9. The Morgan fingerprint density at radius 1 is 0.655 bits per heavy atom. The summed E-state index contributed by atoms with van der Waals surface area (Å²) in [5, 5.41) is 40.6. The van der Waals surface area contributed by atoms with Crippen LogP contribution in [0, 0.1) is 13.8 Å². The second-order valence-electron chi connectivity index (χ2n) is 6.32. The molecule has 0 aliphatic heterocycles. The molecule has 0 heterocycles. The Balaban J connectivity index is 0.00000420. The van der Waals surface area contributed by atoms with Gasteiger partial charge in [-0.15, -0.1) is 0 Å². The van der Waals surface area contributed by atoms with E-state index in [1.54, 1.807) is 0 Å². The number of carboxylic acid groups (broad SMARTS) is 2. The van der Waals surface area contributed by atoms with Crippen LogP contribution in [0.2, 0.25) is 0 Å². The Hall–Kier alpha value is -3.40. The molecule has 2 aromatic carbocycles. The highest BCUT2D eigenvalue weighted by Crippen LogP contribution is 2.33. The van der Waals surface area contributed by atoms with E-state index in [1.807, 2.05) is 0 Å². The summed E-state index contributed by atoms with van der Waals surface area (Å²) < 4.78 is 0. The molecule has 2 atom stereocenters. The minimum absolute atomic E-state index is 0. The smallest absolute Gasteiger partial charge is 0.348 e. The maximum atomic E-state index is 12.9. The number of carbonyl (C=O) groups excluding carboxylic acids is 2. The van der Waals surface area contributed by atoms with Crippen molar-refractivity contribution in [1.82, 2.24) is 0 Å². The van der Waals surface area contributed by atoms with Crippen LogP contribution in [0.3, 0.4) is 0 Å². The van der Waals surface area contributed by atoms with Gasteiger partial charge in [0.05, 0.1) is 0 Å². The van der Waals surface area contributed by atoms with Gasteiger partial charge in [0.1, 0.15) is 0 Å². The first kappa shape index (κ1) is 23.6. The Bertz CT molecular complexity index is 902. The predicted molar refractivity (Wildman–Crippen MR) is 99.8 cm³/mol. The van der Waals surface area contributed by atoms with Crippen LogP contribution in [-0.2, 0) is 9.59 Å². The van der Waals surface area contributed by atoms with Gasteiger partial charge in [-0.1, -0.05) is 48.5 Å². The largest absolute Gasteiger partial charge is 0.479 e. The van der Waals surface area contributed by atoms with Crippen LogP contribution in [-0.4, -0.2) is 60.6 Å². The Kier molecular flexibility index (Phi) is 6.78. The molecular weight excluding hydrogens is 384 g/mol. The molecule has 0 amide bonds. The van der Waals surface area contributed by atoms with Crippen molar-refractivity contribution in [3.63, 3.8) is 0 Å².